The van der Waals surface area contributed by atoms with E-state index in [1.54, 1.807) is 24.3 Å². The fraction of sp³-hybridized carbons (Fsp3) is 0.300. The van der Waals surface area contributed by atoms with Crippen molar-refractivity contribution in [2.24, 2.45) is 0 Å². The normalized spacial score (nSPS) is 14.3. The van der Waals surface area contributed by atoms with Crippen molar-refractivity contribution in [3.05, 3.63) is 53.0 Å². The highest BCUT2D eigenvalue weighted by molar-refractivity contribution is 9.10. The minimum Gasteiger partial charge on any atom is -0.337 e. The van der Waals surface area contributed by atoms with E-state index in [9.17, 15) is 18.0 Å². The Hall–Kier alpha value is -2.43. The standard InChI is InChI=1S/C20H23BrN4O4S/c21-15-3-5-17(6-4-15)24-20(27)22-12-11-19(26)23-16-7-9-18(10-8-16)30(28,29)25-13-1-2-14-25/h3-10H,1-2,11-14H2,(H,23,26)(H2,22,24,27). The van der Waals surface area contributed by atoms with E-state index in [0.717, 1.165) is 17.3 Å². The number of urea groups is 1. The fourth-order valence-corrected chi connectivity index (χ4v) is 4.79. The predicted molar refractivity (Wildman–Crippen MR) is 119 cm³/mol. The number of halogens is 1. The lowest BCUT2D eigenvalue weighted by molar-refractivity contribution is -0.116. The number of hydrogen-bond donors (Lipinski definition) is 3. The Morgan fingerprint density at radius 3 is 2.10 bits per heavy atom. The number of rotatable bonds is 7. The third-order valence-electron chi connectivity index (χ3n) is 4.58. The van der Waals surface area contributed by atoms with Crippen LogP contribution in [0.5, 0.6) is 0 Å². The number of sulfonamides is 1. The Morgan fingerprint density at radius 1 is 0.900 bits per heavy atom. The summed E-state index contributed by atoms with van der Waals surface area (Å²) in [7, 11) is -3.47. The van der Waals surface area contributed by atoms with E-state index in [4.69, 9.17) is 0 Å². The molecule has 0 saturated carbocycles. The number of carbonyl (C=O) groups excluding carboxylic acids is 2. The SMILES string of the molecule is O=C(CCNC(=O)Nc1ccc(Br)cc1)Nc1ccc(S(=O)(=O)N2CCCC2)cc1. The molecule has 0 spiro atoms. The Balaban J connectivity index is 1.43. The van der Waals surface area contributed by atoms with Gasteiger partial charge in [0.2, 0.25) is 15.9 Å². The summed E-state index contributed by atoms with van der Waals surface area (Å²) in [6.45, 7) is 1.25. The Morgan fingerprint density at radius 2 is 1.47 bits per heavy atom. The van der Waals surface area contributed by atoms with Crippen LogP contribution in [0.25, 0.3) is 0 Å². The van der Waals surface area contributed by atoms with Gasteiger partial charge in [0, 0.05) is 41.9 Å². The van der Waals surface area contributed by atoms with Gasteiger partial charge in [-0.05, 0) is 61.4 Å². The lowest BCUT2D eigenvalue weighted by Crippen LogP contribution is -2.31. The third kappa shape index (κ3) is 6.04. The number of amides is 3. The van der Waals surface area contributed by atoms with E-state index < -0.39 is 16.1 Å². The second-order valence-electron chi connectivity index (χ2n) is 6.82. The van der Waals surface area contributed by atoms with Gasteiger partial charge in [0.1, 0.15) is 0 Å². The van der Waals surface area contributed by atoms with E-state index in [-0.39, 0.29) is 23.8 Å². The van der Waals surface area contributed by atoms with Gasteiger partial charge in [0.25, 0.3) is 0 Å². The highest BCUT2D eigenvalue weighted by Gasteiger charge is 2.26. The molecule has 30 heavy (non-hydrogen) atoms. The first-order chi connectivity index (χ1) is 14.3. The molecule has 3 amide bonds. The van der Waals surface area contributed by atoms with Crippen molar-refractivity contribution in [2.75, 3.05) is 30.3 Å². The minimum atomic E-state index is -3.47. The van der Waals surface area contributed by atoms with Gasteiger partial charge in [-0.15, -0.1) is 0 Å². The Bertz CT molecular complexity index is 988. The van der Waals surface area contributed by atoms with Crippen LogP contribution in [0.3, 0.4) is 0 Å². The molecule has 160 valence electrons. The molecular weight excluding hydrogens is 472 g/mol. The lowest BCUT2D eigenvalue weighted by Gasteiger charge is -2.15. The maximum Gasteiger partial charge on any atom is 0.319 e. The number of carbonyl (C=O) groups is 2. The van der Waals surface area contributed by atoms with Gasteiger partial charge >= 0.3 is 6.03 Å². The van der Waals surface area contributed by atoms with Gasteiger partial charge in [0.05, 0.1) is 4.90 Å². The van der Waals surface area contributed by atoms with Gasteiger partial charge < -0.3 is 16.0 Å². The molecule has 0 atom stereocenters. The van der Waals surface area contributed by atoms with Gasteiger partial charge in [-0.25, -0.2) is 13.2 Å². The predicted octanol–water partition coefficient (Wildman–Crippen LogP) is 3.38. The van der Waals surface area contributed by atoms with Crippen molar-refractivity contribution < 1.29 is 18.0 Å². The van der Waals surface area contributed by atoms with Gasteiger partial charge in [0.15, 0.2) is 0 Å². The monoisotopic (exact) mass is 494 g/mol. The van der Waals surface area contributed by atoms with Crippen molar-refractivity contribution in [3.63, 3.8) is 0 Å². The molecule has 1 heterocycles. The third-order valence-corrected chi connectivity index (χ3v) is 7.02. The summed E-state index contributed by atoms with van der Waals surface area (Å²) in [5.74, 6) is -0.283. The molecule has 2 aromatic carbocycles. The molecule has 1 fully saturated rings. The highest BCUT2D eigenvalue weighted by atomic mass is 79.9. The maximum atomic E-state index is 12.5. The van der Waals surface area contributed by atoms with Gasteiger partial charge in [-0.2, -0.15) is 4.31 Å². The van der Waals surface area contributed by atoms with Crippen LogP contribution in [0, 0.1) is 0 Å². The van der Waals surface area contributed by atoms with Crippen LogP contribution in [0.1, 0.15) is 19.3 Å². The van der Waals surface area contributed by atoms with Crippen molar-refractivity contribution in [1.29, 1.82) is 0 Å². The average Bonchev–Trinajstić information content (AvgIpc) is 3.26. The van der Waals surface area contributed by atoms with Crippen molar-refractivity contribution in [1.82, 2.24) is 9.62 Å². The summed E-state index contributed by atoms with van der Waals surface area (Å²) < 4.78 is 27.4. The maximum absolute atomic E-state index is 12.5. The average molecular weight is 495 g/mol. The number of nitrogens with zero attached hydrogens (tertiary/aromatic N) is 1. The number of anilines is 2. The van der Waals surface area contributed by atoms with Crippen LogP contribution in [-0.4, -0.2) is 44.3 Å². The largest absolute Gasteiger partial charge is 0.337 e. The zero-order chi connectivity index (χ0) is 21.6. The summed E-state index contributed by atoms with van der Waals surface area (Å²) in [6, 6.07) is 12.8. The number of nitrogens with one attached hydrogen (secondary N) is 3. The molecule has 0 unspecified atom stereocenters. The summed E-state index contributed by atoms with van der Waals surface area (Å²) >= 11 is 3.32. The first-order valence-corrected chi connectivity index (χ1v) is 11.8. The smallest absolute Gasteiger partial charge is 0.319 e. The molecule has 0 radical (unpaired) electrons. The second kappa shape index (κ2) is 10.1. The first kappa shape index (κ1) is 22.3. The van der Waals surface area contributed by atoms with Gasteiger partial charge in [-0.1, -0.05) is 15.9 Å². The molecule has 0 bridgehead atoms. The van der Waals surface area contributed by atoms with Crippen molar-refractivity contribution in [2.45, 2.75) is 24.2 Å². The number of benzene rings is 2. The summed E-state index contributed by atoms with van der Waals surface area (Å²) in [6.07, 6.45) is 1.84. The Labute approximate surface area is 184 Å². The minimum absolute atomic E-state index is 0.0849. The molecule has 8 nitrogen and oxygen atoms in total. The van der Waals surface area contributed by atoms with Crippen molar-refractivity contribution in [3.8, 4) is 0 Å². The molecule has 2 aromatic rings. The number of hydrogen-bond acceptors (Lipinski definition) is 4. The summed E-state index contributed by atoms with van der Waals surface area (Å²) in [5.41, 5.74) is 1.14. The molecule has 0 aromatic heterocycles. The molecule has 1 aliphatic rings. The molecular formula is C20H23BrN4O4S. The van der Waals surface area contributed by atoms with E-state index in [1.165, 1.54) is 16.4 Å². The molecule has 3 rings (SSSR count). The van der Waals surface area contributed by atoms with Crippen LogP contribution < -0.4 is 16.0 Å². The van der Waals surface area contributed by atoms with Crippen LogP contribution in [0.15, 0.2) is 57.9 Å². The highest BCUT2D eigenvalue weighted by Crippen LogP contribution is 2.22. The molecule has 1 aliphatic heterocycles. The second-order valence-corrected chi connectivity index (χ2v) is 9.68. The molecule has 1 saturated heterocycles. The zero-order valence-electron chi connectivity index (χ0n) is 16.2. The molecule has 0 aliphatic carbocycles. The van der Waals surface area contributed by atoms with Crippen LogP contribution in [-0.2, 0) is 14.8 Å². The lowest BCUT2D eigenvalue weighted by atomic mass is 10.3. The van der Waals surface area contributed by atoms with Crippen LogP contribution >= 0.6 is 15.9 Å². The topological polar surface area (TPSA) is 108 Å². The van der Waals surface area contributed by atoms with E-state index in [1.807, 2.05) is 12.1 Å². The Kier molecular flexibility index (Phi) is 7.46. The zero-order valence-corrected chi connectivity index (χ0v) is 18.6. The first-order valence-electron chi connectivity index (χ1n) is 9.55. The van der Waals surface area contributed by atoms with Crippen molar-refractivity contribution >= 4 is 49.3 Å². The van der Waals surface area contributed by atoms with E-state index >= 15 is 0 Å². The van der Waals surface area contributed by atoms with Crippen LogP contribution in [0.4, 0.5) is 16.2 Å². The summed E-state index contributed by atoms with van der Waals surface area (Å²) in [5, 5.41) is 7.98. The summed E-state index contributed by atoms with van der Waals surface area (Å²) in [4.78, 5) is 24.1. The quantitative estimate of drug-likeness (QED) is 0.548. The van der Waals surface area contributed by atoms with Crippen LogP contribution in [0.2, 0.25) is 0 Å². The van der Waals surface area contributed by atoms with E-state index in [2.05, 4.69) is 31.9 Å². The molecule has 3 N–H and O–H groups in total. The van der Waals surface area contributed by atoms with E-state index in [0.29, 0.717) is 24.5 Å². The fourth-order valence-electron chi connectivity index (χ4n) is 3.01. The van der Waals surface area contributed by atoms with Gasteiger partial charge in [-0.3, -0.25) is 4.79 Å². The molecule has 10 heteroatoms.